The summed E-state index contributed by atoms with van der Waals surface area (Å²) in [6.07, 6.45) is 9.54. The molecule has 0 bridgehead atoms. The molecule has 2 N–H and O–H groups in total. The third-order valence-corrected chi connectivity index (χ3v) is 7.05. The van der Waals surface area contributed by atoms with Gasteiger partial charge in [0.25, 0.3) is 0 Å². The normalized spacial score (nSPS) is 23.3. The summed E-state index contributed by atoms with van der Waals surface area (Å²) in [6.45, 7) is 6.80. The Morgan fingerprint density at radius 1 is 1.28 bits per heavy atom. The molecule has 1 atom stereocenters. The summed E-state index contributed by atoms with van der Waals surface area (Å²) in [6, 6.07) is 1.72. The number of amidine groups is 1. The number of piperidine rings is 1. The number of nitrogens with one attached hydrogen (secondary N) is 2. The Hall–Kier alpha value is -2.51. The molecule has 2 heterocycles. The van der Waals surface area contributed by atoms with Crippen molar-refractivity contribution in [1.29, 1.82) is 5.26 Å². The van der Waals surface area contributed by atoms with E-state index in [1.54, 1.807) is 4.90 Å². The van der Waals surface area contributed by atoms with Crippen LogP contribution in [-0.4, -0.2) is 80.1 Å². The molecule has 2 saturated heterocycles. The lowest BCUT2D eigenvalue weighted by Crippen LogP contribution is -2.56. The maximum atomic E-state index is 13.6. The zero-order chi connectivity index (χ0) is 25.8. The third-order valence-electron chi connectivity index (χ3n) is 7.05. The first kappa shape index (κ1) is 28.1. The van der Waals surface area contributed by atoms with Gasteiger partial charge in [0.2, 0.25) is 5.91 Å². The number of ether oxygens (including phenoxy) is 2. The molecule has 0 aromatic rings. The lowest BCUT2D eigenvalue weighted by molar-refractivity contribution is -0.124. The first-order valence-electron chi connectivity index (χ1n) is 13.5. The Bertz CT molecular complexity index is 823. The Morgan fingerprint density at radius 2 is 2.00 bits per heavy atom. The van der Waals surface area contributed by atoms with Gasteiger partial charge in [-0.05, 0) is 44.2 Å². The summed E-state index contributed by atoms with van der Waals surface area (Å²) < 4.78 is 10.8. The fourth-order valence-corrected chi connectivity index (χ4v) is 4.92. The van der Waals surface area contributed by atoms with E-state index in [9.17, 15) is 14.9 Å². The van der Waals surface area contributed by atoms with Crippen molar-refractivity contribution in [2.45, 2.75) is 83.2 Å². The van der Waals surface area contributed by atoms with Crippen molar-refractivity contribution in [3.05, 3.63) is 0 Å². The van der Waals surface area contributed by atoms with Crippen molar-refractivity contribution in [2.75, 3.05) is 39.5 Å². The van der Waals surface area contributed by atoms with Crippen LogP contribution in [0.1, 0.15) is 71.6 Å². The molecule has 1 unspecified atom stereocenters. The van der Waals surface area contributed by atoms with Gasteiger partial charge in [0, 0.05) is 6.54 Å². The minimum Gasteiger partial charge on any atom is -0.448 e. The number of nitrogens with zero attached hydrogens (tertiary/aromatic N) is 4. The molecule has 0 aromatic heterocycles. The van der Waals surface area contributed by atoms with Crippen LogP contribution in [0.15, 0.2) is 9.98 Å². The van der Waals surface area contributed by atoms with Crippen LogP contribution < -0.4 is 10.6 Å². The number of hydrogen-bond donors (Lipinski definition) is 2. The Morgan fingerprint density at radius 3 is 2.67 bits per heavy atom. The predicted octanol–water partition coefficient (Wildman–Crippen LogP) is 3.03. The standard InChI is InChI=1S/C26H42N6O4/c1-20(2)16-36-25(34)29-19-32-13-14-35-17-23(32)30-22(15-21-7-5-3-4-6-8-21)24(33)31-26(18-27)9-11-28-12-10-26/h19-22,28H,3-17H2,1-2H3,(H,31,33). The molecule has 2 amide bonds. The van der Waals surface area contributed by atoms with E-state index in [1.165, 1.54) is 32.0 Å². The van der Waals surface area contributed by atoms with Gasteiger partial charge in [-0.3, -0.25) is 9.79 Å². The highest BCUT2D eigenvalue weighted by Gasteiger charge is 2.36. The van der Waals surface area contributed by atoms with E-state index in [4.69, 9.17) is 14.5 Å². The van der Waals surface area contributed by atoms with Gasteiger partial charge >= 0.3 is 6.09 Å². The highest BCUT2D eigenvalue weighted by Crippen LogP contribution is 2.28. The summed E-state index contributed by atoms with van der Waals surface area (Å²) in [7, 11) is 0. The number of aliphatic imine (C=N–C) groups is 2. The maximum absolute atomic E-state index is 13.6. The number of rotatable bonds is 8. The molecule has 0 spiro atoms. The molecule has 36 heavy (non-hydrogen) atoms. The van der Waals surface area contributed by atoms with Crippen LogP contribution in [0.3, 0.4) is 0 Å². The van der Waals surface area contributed by atoms with Crippen LogP contribution in [0.25, 0.3) is 0 Å². The van der Waals surface area contributed by atoms with Crippen molar-refractivity contribution in [1.82, 2.24) is 15.5 Å². The first-order chi connectivity index (χ1) is 17.4. The van der Waals surface area contributed by atoms with Crippen LogP contribution >= 0.6 is 0 Å². The first-order valence-corrected chi connectivity index (χ1v) is 13.5. The second kappa shape index (κ2) is 14.3. The van der Waals surface area contributed by atoms with E-state index in [0.717, 1.165) is 12.8 Å². The summed E-state index contributed by atoms with van der Waals surface area (Å²) in [5.41, 5.74) is -0.866. The van der Waals surface area contributed by atoms with Gasteiger partial charge < -0.3 is 25.0 Å². The third kappa shape index (κ3) is 8.86. The molecule has 3 rings (SSSR count). The molecular weight excluding hydrogens is 460 g/mol. The predicted molar refractivity (Wildman–Crippen MR) is 138 cm³/mol. The Balaban J connectivity index is 1.78. The number of morpholine rings is 1. The molecule has 10 nitrogen and oxygen atoms in total. The van der Waals surface area contributed by atoms with Gasteiger partial charge in [0.1, 0.15) is 30.4 Å². The summed E-state index contributed by atoms with van der Waals surface area (Å²) in [4.78, 5) is 36.1. The topological polar surface area (TPSA) is 128 Å². The van der Waals surface area contributed by atoms with Gasteiger partial charge in [-0.2, -0.15) is 10.3 Å². The molecule has 1 saturated carbocycles. The largest absolute Gasteiger partial charge is 0.448 e. The van der Waals surface area contributed by atoms with Crippen molar-refractivity contribution in [2.24, 2.45) is 21.8 Å². The lowest BCUT2D eigenvalue weighted by atomic mass is 9.88. The maximum Gasteiger partial charge on any atom is 0.435 e. The zero-order valence-corrected chi connectivity index (χ0v) is 21.8. The van der Waals surface area contributed by atoms with E-state index < -0.39 is 17.7 Å². The number of carbonyl (C=O) groups is 2. The Labute approximate surface area is 214 Å². The minimum absolute atomic E-state index is 0.214. The highest BCUT2D eigenvalue weighted by molar-refractivity contribution is 5.97. The van der Waals surface area contributed by atoms with E-state index in [1.807, 2.05) is 13.8 Å². The molecule has 3 fully saturated rings. The van der Waals surface area contributed by atoms with Crippen molar-refractivity contribution in [3.63, 3.8) is 0 Å². The second-order valence-electron chi connectivity index (χ2n) is 10.5. The smallest absolute Gasteiger partial charge is 0.435 e. The fourth-order valence-electron chi connectivity index (χ4n) is 4.92. The van der Waals surface area contributed by atoms with Crippen molar-refractivity contribution >= 4 is 24.2 Å². The van der Waals surface area contributed by atoms with Crippen LogP contribution in [0.2, 0.25) is 0 Å². The highest BCUT2D eigenvalue weighted by atomic mass is 16.5. The molecular formula is C26H42N6O4. The van der Waals surface area contributed by atoms with E-state index in [0.29, 0.717) is 63.9 Å². The molecule has 200 valence electrons. The number of nitriles is 1. The number of hydrogen-bond acceptors (Lipinski definition) is 7. The summed E-state index contributed by atoms with van der Waals surface area (Å²) in [5, 5.41) is 16.2. The second-order valence-corrected chi connectivity index (χ2v) is 10.5. The zero-order valence-electron chi connectivity index (χ0n) is 21.8. The van der Waals surface area contributed by atoms with Gasteiger partial charge in [-0.25, -0.2) is 4.79 Å². The van der Waals surface area contributed by atoms with Crippen LogP contribution in [-0.2, 0) is 14.3 Å². The quantitative estimate of drug-likeness (QED) is 0.297. The lowest BCUT2D eigenvalue weighted by Gasteiger charge is -2.34. The van der Waals surface area contributed by atoms with Crippen LogP contribution in [0.5, 0.6) is 0 Å². The average Bonchev–Trinajstić information content (AvgIpc) is 3.15. The summed E-state index contributed by atoms with van der Waals surface area (Å²) >= 11 is 0. The van der Waals surface area contributed by atoms with E-state index in [2.05, 4.69) is 21.7 Å². The van der Waals surface area contributed by atoms with Crippen LogP contribution in [0.4, 0.5) is 4.79 Å². The van der Waals surface area contributed by atoms with Gasteiger partial charge in [-0.1, -0.05) is 52.4 Å². The number of carbonyl (C=O) groups excluding carboxylic acids is 2. The van der Waals surface area contributed by atoms with Crippen molar-refractivity contribution < 1.29 is 19.1 Å². The number of amides is 2. The molecule has 10 heteroatoms. The molecule has 0 radical (unpaired) electrons. The minimum atomic E-state index is -0.866. The SMILES string of the molecule is CC(C)COC(=O)N=CN1CCOCC1=NC(CC1CCCCCC1)C(=O)NC1(C#N)CCNCC1. The van der Waals surface area contributed by atoms with Gasteiger partial charge in [0.15, 0.2) is 0 Å². The fraction of sp³-hybridized carbons (Fsp3) is 0.808. The molecule has 1 aliphatic carbocycles. The molecule has 3 aliphatic rings. The summed E-state index contributed by atoms with van der Waals surface area (Å²) in [5.74, 6) is 0.988. The van der Waals surface area contributed by atoms with Crippen molar-refractivity contribution in [3.8, 4) is 6.07 Å². The molecule has 2 aliphatic heterocycles. The van der Waals surface area contributed by atoms with Gasteiger partial charge in [0.05, 0.1) is 19.3 Å². The van der Waals surface area contributed by atoms with E-state index in [-0.39, 0.29) is 18.4 Å². The van der Waals surface area contributed by atoms with E-state index >= 15 is 0 Å². The van der Waals surface area contributed by atoms with Crippen LogP contribution in [0, 0.1) is 23.2 Å². The molecule has 0 aromatic carbocycles. The monoisotopic (exact) mass is 502 g/mol. The average molecular weight is 503 g/mol. The Kier molecular flexibility index (Phi) is 11.1. The van der Waals surface area contributed by atoms with Gasteiger partial charge in [-0.15, -0.1) is 0 Å².